The van der Waals surface area contributed by atoms with E-state index in [0.717, 1.165) is 28.0 Å². The Morgan fingerprint density at radius 1 is 1.05 bits per heavy atom. The number of para-hydroxylation sites is 1. The molecular weight excluding hydrogens is 252 g/mol. The summed E-state index contributed by atoms with van der Waals surface area (Å²) in [6.07, 6.45) is 2.89. The lowest BCUT2D eigenvalue weighted by atomic mass is 10.1. The monoisotopic (exact) mass is 264 g/mol. The zero-order valence-electron chi connectivity index (χ0n) is 10.6. The van der Waals surface area contributed by atoms with Crippen LogP contribution in [0.15, 0.2) is 60.0 Å². The molecular formula is C15H12N4O. The Morgan fingerprint density at radius 3 is 2.70 bits per heavy atom. The quantitative estimate of drug-likeness (QED) is 0.433. The fourth-order valence-electron chi connectivity index (χ4n) is 1.98. The van der Waals surface area contributed by atoms with E-state index in [1.165, 1.54) is 12.5 Å². The summed E-state index contributed by atoms with van der Waals surface area (Å²) in [6.45, 7) is 0. The van der Waals surface area contributed by atoms with Crippen LogP contribution < -0.4 is 5.32 Å². The maximum atomic E-state index is 8.62. The number of hydrogen-bond acceptors (Lipinski definition) is 5. The van der Waals surface area contributed by atoms with Crippen LogP contribution >= 0.6 is 0 Å². The normalized spacial score (nSPS) is 11.0. The third-order valence-corrected chi connectivity index (χ3v) is 2.90. The van der Waals surface area contributed by atoms with Crippen molar-refractivity contribution in [3.8, 4) is 0 Å². The fraction of sp³-hybridized carbons (Fsp3) is 0. The van der Waals surface area contributed by atoms with Gasteiger partial charge in [0.05, 0.1) is 11.7 Å². The van der Waals surface area contributed by atoms with Gasteiger partial charge in [-0.2, -0.15) is 0 Å². The first-order valence-electron chi connectivity index (χ1n) is 6.11. The second-order valence-electron chi connectivity index (χ2n) is 4.23. The fourth-order valence-corrected chi connectivity index (χ4v) is 1.98. The van der Waals surface area contributed by atoms with Crippen molar-refractivity contribution >= 4 is 28.6 Å². The van der Waals surface area contributed by atoms with Gasteiger partial charge < -0.3 is 10.5 Å². The van der Waals surface area contributed by atoms with Crippen LogP contribution in [-0.4, -0.2) is 21.4 Å². The predicted molar refractivity (Wildman–Crippen MR) is 78.6 cm³/mol. The minimum absolute atomic E-state index is 0.717. The Balaban J connectivity index is 2.07. The lowest BCUT2D eigenvalue weighted by Crippen LogP contribution is -1.96. The SMILES string of the molecule is O/N=C\c1ccc2ncnc(Nc3ccccc3)c2c1. The molecule has 1 heterocycles. The third kappa shape index (κ3) is 2.42. The summed E-state index contributed by atoms with van der Waals surface area (Å²) >= 11 is 0. The van der Waals surface area contributed by atoms with Crippen molar-refractivity contribution in [1.29, 1.82) is 0 Å². The van der Waals surface area contributed by atoms with E-state index in [4.69, 9.17) is 5.21 Å². The molecule has 2 N–H and O–H groups in total. The number of benzene rings is 2. The summed E-state index contributed by atoms with van der Waals surface area (Å²) in [5.41, 5.74) is 2.56. The third-order valence-electron chi connectivity index (χ3n) is 2.90. The van der Waals surface area contributed by atoms with Gasteiger partial charge in [0.1, 0.15) is 12.1 Å². The lowest BCUT2D eigenvalue weighted by Gasteiger charge is -2.08. The molecule has 3 aromatic rings. The molecule has 0 aliphatic rings. The van der Waals surface area contributed by atoms with Gasteiger partial charge in [0.25, 0.3) is 0 Å². The first-order valence-corrected chi connectivity index (χ1v) is 6.11. The number of oxime groups is 1. The molecule has 0 amide bonds. The van der Waals surface area contributed by atoms with E-state index < -0.39 is 0 Å². The molecule has 20 heavy (non-hydrogen) atoms. The molecule has 98 valence electrons. The highest BCUT2D eigenvalue weighted by Gasteiger charge is 2.04. The van der Waals surface area contributed by atoms with Gasteiger partial charge in [-0.05, 0) is 29.8 Å². The van der Waals surface area contributed by atoms with Crippen molar-refractivity contribution in [1.82, 2.24) is 9.97 Å². The standard InChI is InChI=1S/C15H12N4O/c20-18-9-11-6-7-14-13(8-11)15(17-10-16-14)19-12-4-2-1-3-5-12/h1-10,20H,(H,16,17,19)/b18-9-. The molecule has 0 unspecified atom stereocenters. The van der Waals surface area contributed by atoms with Crippen molar-refractivity contribution in [2.45, 2.75) is 0 Å². The highest BCUT2D eigenvalue weighted by molar-refractivity contribution is 5.95. The number of aromatic nitrogens is 2. The number of anilines is 2. The zero-order valence-corrected chi connectivity index (χ0v) is 10.6. The van der Waals surface area contributed by atoms with Crippen LogP contribution in [0.4, 0.5) is 11.5 Å². The molecule has 0 bridgehead atoms. The first kappa shape index (κ1) is 12.1. The molecule has 0 fully saturated rings. The van der Waals surface area contributed by atoms with Crippen LogP contribution in [0, 0.1) is 0 Å². The van der Waals surface area contributed by atoms with Gasteiger partial charge >= 0.3 is 0 Å². The van der Waals surface area contributed by atoms with E-state index in [1.54, 1.807) is 0 Å². The van der Waals surface area contributed by atoms with E-state index in [9.17, 15) is 0 Å². The largest absolute Gasteiger partial charge is 0.411 e. The number of nitrogens with one attached hydrogen (secondary N) is 1. The van der Waals surface area contributed by atoms with Crippen molar-refractivity contribution in [2.24, 2.45) is 5.16 Å². The summed E-state index contributed by atoms with van der Waals surface area (Å²) in [4.78, 5) is 8.50. The van der Waals surface area contributed by atoms with E-state index in [2.05, 4.69) is 20.4 Å². The molecule has 5 heteroatoms. The molecule has 0 aliphatic heterocycles. The Labute approximate surface area is 115 Å². The van der Waals surface area contributed by atoms with Gasteiger partial charge in [-0.1, -0.05) is 29.4 Å². The maximum absolute atomic E-state index is 8.62. The summed E-state index contributed by atoms with van der Waals surface area (Å²) in [7, 11) is 0. The molecule has 0 spiro atoms. The number of fused-ring (bicyclic) bond motifs is 1. The second kappa shape index (κ2) is 5.36. The van der Waals surface area contributed by atoms with Crippen LogP contribution in [0.1, 0.15) is 5.56 Å². The Morgan fingerprint density at radius 2 is 1.90 bits per heavy atom. The maximum Gasteiger partial charge on any atom is 0.141 e. The van der Waals surface area contributed by atoms with Crippen LogP contribution in [0.5, 0.6) is 0 Å². The van der Waals surface area contributed by atoms with Crippen LogP contribution in [0.25, 0.3) is 10.9 Å². The summed E-state index contributed by atoms with van der Waals surface area (Å²) in [5.74, 6) is 0.717. The highest BCUT2D eigenvalue weighted by Crippen LogP contribution is 2.23. The highest BCUT2D eigenvalue weighted by atomic mass is 16.4. The molecule has 2 aromatic carbocycles. The molecule has 1 aromatic heterocycles. The minimum Gasteiger partial charge on any atom is -0.411 e. The smallest absolute Gasteiger partial charge is 0.141 e. The summed E-state index contributed by atoms with van der Waals surface area (Å²) in [6, 6.07) is 15.4. The van der Waals surface area contributed by atoms with Gasteiger partial charge in [-0.25, -0.2) is 9.97 Å². The predicted octanol–water partition coefficient (Wildman–Crippen LogP) is 3.18. The Bertz CT molecular complexity index is 756. The van der Waals surface area contributed by atoms with Gasteiger partial charge in [0, 0.05) is 11.1 Å². The zero-order chi connectivity index (χ0) is 13.8. The second-order valence-corrected chi connectivity index (χ2v) is 4.23. The van der Waals surface area contributed by atoms with Gasteiger partial charge in [0.15, 0.2) is 0 Å². The van der Waals surface area contributed by atoms with Crippen molar-refractivity contribution in [3.05, 3.63) is 60.4 Å². The van der Waals surface area contributed by atoms with Crippen molar-refractivity contribution in [3.63, 3.8) is 0 Å². The average Bonchev–Trinajstić information content (AvgIpc) is 2.49. The minimum atomic E-state index is 0.717. The van der Waals surface area contributed by atoms with Crippen molar-refractivity contribution in [2.75, 3.05) is 5.32 Å². The molecule has 0 saturated carbocycles. The topological polar surface area (TPSA) is 70.4 Å². The molecule has 0 radical (unpaired) electrons. The van der Waals surface area contributed by atoms with E-state index >= 15 is 0 Å². The first-order chi connectivity index (χ1) is 9.86. The molecule has 3 rings (SSSR count). The molecule has 0 atom stereocenters. The van der Waals surface area contributed by atoms with E-state index in [0.29, 0.717) is 0 Å². The number of hydrogen-bond donors (Lipinski definition) is 2. The Kier molecular flexibility index (Phi) is 3.24. The molecule has 5 nitrogen and oxygen atoms in total. The summed E-state index contributed by atoms with van der Waals surface area (Å²) in [5, 5.41) is 15.8. The lowest BCUT2D eigenvalue weighted by molar-refractivity contribution is 0.322. The number of nitrogens with zero attached hydrogens (tertiary/aromatic N) is 3. The summed E-state index contributed by atoms with van der Waals surface area (Å²) < 4.78 is 0. The Hall–Kier alpha value is -2.95. The van der Waals surface area contributed by atoms with Crippen LogP contribution in [0.3, 0.4) is 0 Å². The molecule has 0 saturated heterocycles. The van der Waals surface area contributed by atoms with Gasteiger partial charge in [0.2, 0.25) is 0 Å². The number of rotatable bonds is 3. The van der Waals surface area contributed by atoms with Crippen LogP contribution in [0.2, 0.25) is 0 Å². The van der Waals surface area contributed by atoms with Gasteiger partial charge in [-0.3, -0.25) is 0 Å². The van der Waals surface area contributed by atoms with E-state index in [-0.39, 0.29) is 0 Å². The van der Waals surface area contributed by atoms with E-state index in [1.807, 2.05) is 48.5 Å². The van der Waals surface area contributed by atoms with Crippen LogP contribution in [-0.2, 0) is 0 Å². The van der Waals surface area contributed by atoms with Gasteiger partial charge in [-0.15, -0.1) is 0 Å². The molecule has 0 aliphatic carbocycles. The average molecular weight is 264 g/mol. The van der Waals surface area contributed by atoms with Crippen molar-refractivity contribution < 1.29 is 5.21 Å².